The fraction of sp³-hybridized carbons (Fsp3) is 0.727. The summed E-state index contributed by atoms with van der Waals surface area (Å²) in [5, 5.41) is 5.20. The minimum atomic E-state index is -0.681. The molecule has 0 unspecified atom stereocenters. The zero-order chi connectivity index (χ0) is 13.8. The van der Waals surface area contributed by atoms with Crippen molar-refractivity contribution in [3.8, 4) is 0 Å². The fourth-order valence-electron chi connectivity index (χ4n) is 1.47. The number of ether oxygens (including phenoxy) is 1. The van der Waals surface area contributed by atoms with Crippen LogP contribution in [0.15, 0.2) is 0 Å². The smallest absolute Gasteiger partial charge is 0.375 e. The standard InChI is InChI=1S/C11H17BrN2O4/c1-11(2,12)9(16)13-6-4-3-5-7-8(15)18-10(17)14-7/h7H,3-6H2,1-2H3,(H,13,16)(H,14,17)/t7-/m0/s1. The van der Waals surface area contributed by atoms with Crippen LogP contribution in [0.2, 0.25) is 0 Å². The van der Waals surface area contributed by atoms with Crippen molar-refractivity contribution in [1.29, 1.82) is 0 Å². The lowest BCUT2D eigenvalue weighted by atomic mass is 10.1. The molecule has 1 aliphatic rings. The number of hydrogen-bond donors (Lipinski definition) is 2. The van der Waals surface area contributed by atoms with Gasteiger partial charge in [0.05, 0.1) is 4.32 Å². The molecule has 1 atom stereocenters. The number of hydrogen-bond acceptors (Lipinski definition) is 4. The number of halogens is 1. The Kier molecular flexibility index (Phi) is 5.13. The number of amides is 2. The average molecular weight is 321 g/mol. The van der Waals surface area contributed by atoms with Crippen molar-refractivity contribution in [1.82, 2.24) is 10.6 Å². The van der Waals surface area contributed by atoms with Gasteiger partial charge < -0.3 is 15.4 Å². The highest BCUT2D eigenvalue weighted by Gasteiger charge is 2.31. The molecule has 0 radical (unpaired) electrons. The van der Waals surface area contributed by atoms with Crippen LogP contribution in [0.25, 0.3) is 0 Å². The fourth-order valence-corrected chi connectivity index (χ4v) is 1.61. The predicted molar refractivity (Wildman–Crippen MR) is 68.3 cm³/mol. The van der Waals surface area contributed by atoms with E-state index in [-0.39, 0.29) is 5.91 Å². The minimum Gasteiger partial charge on any atom is -0.375 e. The molecule has 0 aromatic heterocycles. The van der Waals surface area contributed by atoms with Gasteiger partial charge in [0.15, 0.2) is 0 Å². The summed E-state index contributed by atoms with van der Waals surface area (Å²) in [6, 6.07) is -0.541. The molecule has 2 amide bonds. The monoisotopic (exact) mass is 320 g/mol. The van der Waals surface area contributed by atoms with Crippen molar-refractivity contribution >= 4 is 33.9 Å². The number of rotatable bonds is 6. The van der Waals surface area contributed by atoms with Gasteiger partial charge in [-0.25, -0.2) is 9.59 Å². The molecule has 18 heavy (non-hydrogen) atoms. The molecule has 1 fully saturated rings. The number of nitrogens with one attached hydrogen (secondary N) is 2. The third kappa shape index (κ3) is 4.64. The molecule has 102 valence electrons. The van der Waals surface area contributed by atoms with Gasteiger partial charge in [-0.1, -0.05) is 15.9 Å². The third-order valence-corrected chi connectivity index (χ3v) is 2.88. The normalized spacial score (nSPS) is 19.4. The number of alkyl carbamates (subject to hydrolysis) is 1. The summed E-state index contributed by atoms with van der Waals surface area (Å²) < 4.78 is 3.78. The number of esters is 1. The second kappa shape index (κ2) is 6.17. The van der Waals surface area contributed by atoms with E-state index in [2.05, 4.69) is 31.3 Å². The first-order valence-corrected chi connectivity index (χ1v) is 6.59. The lowest BCUT2D eigenvalue weighted by Crippen LogP contribution is -2.38. The Morgan fingerprint density at radius 3 is 2.61 bits per heavy atom. The number of alkyl halides is 1. The molecule has 0 aromatic carbocycles. The molecule has 1 heterocycles. The Morgan fingerprint density at radius 1 is 1.44 bits per heavy atom. The molecule has 0 aromatic rings. The largest absolute Gasteiger partial charge is 0.415 e. The van der Waals surface area contributed by atoms with Gasteiger partial charge >= 0.3 is 12.1 Å². The molecule has 6 nitrogen and oxygen atoms in total. The van der Waals surface area contributed by atoms with E-state index >= 15 is 0 Å². The van der Waals surface area contributed by atoms with Gasteiger partial charge in [-0.2, -0.15) is 0 Å². The topological polar surface area (TPSA) is 84.5 Å². The summed E-state index contributed by atoms with van der Waals surface area (Å²) in [5.41, 5.74) is 0. The maximum absolute atomic E-state index is 11.5. The lowest BCUT2D eigenvalue weighted by molar-refractivity contribution is -0.135. The molecule has 1 saturated heterocycles. The van der Waals surface area contributed by atoms with Crippen molar-refractivity contribution in [2.45, 2.75) is 43.5 Å². The van der Waals surface area contributed by atoms with Gasteiger partial charge in [0.1, 0.15) is 6.04 Å². The SMILES string of the molecule is CC(C)(Br)C(=O)NCCCC[C@@H]1NC(=O)OC1=O. The summed E-state index contributed by atoms with van der Waals surface area (Å²) in [5.74, 6) is -0.596. The highest BCUT2D eigenvalue weighted by molar-refractivity contribution is 9.10. The van der Waals surface area contributed by atoms with Crippen molar-refractivity contribution in [2.24, 2.45) is 0 Å². The van der Waals surface area contributed by atoms with Crippen LogP contribution in [-0.2, 0) is 14.3 Å². The van der Waals surface area contributed by atoms with E-state index in [4.69, 9.17) is 0 Å². The summed E-state index contributed by atoms with van der Waals surface area (Å²) in [4.78, 5) is 33.3. The zero-order valence-electron chi connectivity index (χ0n) is 10.4. The van der Waals surface area contributed by atoms with E-state index in [0.29, 0.717) is 13.0 Å². The molecular formula is C11H17BrN2O4. The van der Waals surface area contributed by atoms with E-state index < -0.39 is 22.4 Å². The summed E-state index contributed by atoms with van der Waals surface area (Å²) in [7, 11) is 0. The van der Waals surface area contributed by atoms with Gasteiger partial charge in [-0.05, 0) is 33.1 Å². The summed E-state index contributed by atoms with van der Waals surface area (Å²) in [6.07, 6.45) is 1.31. The Morgan fingerprint density at radius 2 is 2.11 bits per heavy atom. The molecule has 7 heteroatoms. The molecular weight excluding hydrogens is 304 g/mol. The zero-order valence-corrected chi connectivity index (χ0v) is 12.0. The first-order chi connectivity index (χ1) is 8.30. The van der Waals surface area contributed by atoms with E-state index in [1.807, 2.05) is 0 Å². The molecule has 0 spiro atoms. The van der Waals surface area contributed by atoms with Crippen LogP contribution in [-0.4, -0.2) is 34.9 Å². The Labute approximate surface area is 114 Å². The average Bonchev–Trinajstić information content (AvgIpc) is 2.55. The van der Waals surface area contributed by atoms with Crippen LogP contribution in [0.3, 0.4) is 0 Å². The third-order valence-electron chi connectivity index (χ3n) is 2.51. The van der Waals surface area contributed by atoms with Crippen LogP contribution >= 0.6 is 15.9 Å². The van der Waals surface area contributed by atoms with Crippen LogP contribution < -0.4 is 10.6 Å². The lowest BCUT2D eigenvalue weighted by Gasteiger charge is -2.15. The molecule has 0 bridgehead atoms. The van der Waals surface area contributed by atoms with Crippen LogP contribution in [0.4, 0.5) is 4.79 Å². The molecule has 1 aliphatic heterocycles. The van der Waals surface area contributed by atoms with Crippen molar-refractivity contribution in [3.63, 3.8) is 0 Å². The number of carbonyl (C=O) groups excluding carboxylic acids is 3. The maximum atomic E-state index is 11.5. The van der Waals surface area contributed by atoms with Gasteiger partial charge in [0.25, 0.3) is 0 Å². The quantitative estimate of drug-likeness (QED) is 0.332. The van der Waals surface area contributed by atoms with E-state index in [9.17, 15) is 14.4 Å². The molecule has 1 rings (SSSR count). The van der Waals surface area contributed by atoms with Gasteiger partial charge in [0.2, 0.25) is 5.91 Å². The Hall–Kier alpha value is -1.11. The van der Waals surface area contributed by atoms with E-state index in [0.717, 1.165) is 12.8 Å². The maximum Gasteiger partial charge on any atom is 0.415 e. The highest BCUT2D eigenvalue weighted by atomic mass is 79.9. The van der Waals surface area contributed by atoms with Gasteiger partial charge in [-0.15, -0.1) is 0 Å². The van der Waals surface area contributed by atoms with E-state index in [1.54, 1.807) is 13.8 Å². The second-order valence-electron chi connectivity index (χ2n) is 4.63. The van der Waals surface area contributed by atoms with Crippen LogP contribution in [0.5, 0.6) is 0 Å². The minimum absolute atomic E-state index is 0.0731. The van der Waals surface area contributed by atoms with Crippen molar-refractivity contribution in [2.75, 3.05) is 6.54 Å². The number of carbonyl (C=O) groups is 3. The molecule has 2 N–H and O–H groups in total. The summed E-state index contributed by atoms with van der Waals surface area (Å²) >= 11 is 3.26. The Balaban J connectivity index is 2.11. The van der Waals surface area contributed by atoms with Crippen molar-refractivity contribution < 1.29 is 19.1 Å². The van der Waals surface area contributed by atoms with E-state index in [1.165, 1.54) is 0 Å². The van der Waals surface area contributed by atoms with Crippen LogP contribution in [0.1, 0.15) is 33.1 Å². The highest BCUT2D eigenvalue weighted by Crippen LogP contribution is 2.15. The molecule has 0 aliphatic carbocycles. The predicted octanol–water partition coefficient (Wildman–Crippen LogP) is 1.08. The van der Waals surface area contributed by atoms with Crippen molar-refractivity contribution in [3.05, 3.63) is 0 Å². The Bertz CT molecular complexity index is 351. The first-order valence-electron chi connectivity index (χ1n) is 5.80. The van der Waals surface area contributed by atoms with Crippen LogP contribution in [0, 0.1) is 0 Å². The summed E-state index contributed by atoms with van der Waals surface area (Å²) in [6.45, 7) is 4.09. The van der Waals surface area contributed by atoms with Gasteiger partial charge in [0, 0.05) is 6.54 Å². The van der Waals surface area contributed by atoms with Gasteiger partial charge in [-0.3, -0.25) is 4.79 Å². The molecule has 0 saturated carbocycles. The number of cyclic esters (lactones) is 2. The second-order valence-corrected chi connectivity index (χ2v) is 6.61. The number of unbranched alkanes of at least 4 members (excludes halogenated alkanes) is 1. The first kappa shape index (κ1) is 14.9.